The summed E-state index contributed by atoms with van der Waals surface area (Å²) < 4.78 is 12.1. The summed E-state index contributed by atoms with van der Waals surface area (Å²) in [7, 11) is 0. The summed E-state index contributed by atoms with van der Waals surface area (Å²) >= 11 is 6.12. The van der Waals surface area contributed by atoms with Crippen LogP contribution in [0.15, 0.2) is 48.7 Å². The largest absolute Gasteiger partial charge is 0.454 e. The Bertz CT molecular complexity index is 941. The molecule has 0 atom stereocenters. The van der Waals surface area contributed by atoms with Crippen LogP contribution in [0, 0.1) is 0 Å². The van der Waals surface area contributed by atoms with E-state index >= 15 is 0 Å². The quantitative estimate of drug-likeness (QED) is 0.777. The molecule has 0 saturated carbocycles. The number of halogens is 1. The summed E-state index contributed by atoms with van der Waals surface area (Å²) in [5.41, 5.74) is 1.77. The average Bonchev–Trinajstić information content (AvgIpc) is 3.29. The average molecular weight is 357 g/mol. The maximum atomic E-state index is 12.3. The molecule has 25 heavy (non-hydrogen) atoms. The Kier molecular flexibility index (Phi) is 3.99. The number of hydrogen-bond acceptors (Lipinski definition) is 5. The van der Waals surface area contributed by atoms with Gasteiger partial charge in [0.15, 0.2) is 17.2 Å². The van der Waals surface area contributed by atoms with Crippen molar-refractivity contribution in [3.8, 4) is 17.2 Å². The number of nitrogens with zero attached hydrogens (tertiary/aromatic N) is 3. The first-order valence-corrected chi connectivity index (χ1v) is 7.92. The molecule has 0 radical (unpaired) electrons. The minimum Gasteiger partial charge on any atom is -0.454 e. The molecule has 1 aliphatic rings. The SMILES string of the molecule is O=C(NCc1ccc2c(c1)OCO2)c1cn(-c2ccccc2Cl)nn1. The molecule has 1 N–H and O–H groups in total. The Balaban J connectivity index is 1.44. The third-order valence-electron chi connectivity index (χ3n) is 3.72. The minimum atomic E-state index is -0.323. The van der Waals surface area contributed by atoms with Crippen LogP contribution >= 0.6 is 11.6 Å². The van der Waals surface area contributed by atoms with Gasteiger partial charge < -0.3 is 14.8 Å². The van der Waals surface area contributed by atoms with E-state index in [1.165, 1.54) is 10.9 Å². The van der Waals surface area contributed by atoms with E-state index in [0.717, 1.165) is 5.56 Å². The van der Waals surface area contributed by atoms with Crippen LogP contribution in [0.2, 0.25) is 5.02 Å². The molecule has 0 fully saturated rings. The molecule has 0 saturated heterocycles. The van der Waals surface area contributed by atoms with Crippen molar-refractivity contribution < 1.29 is 14.3 Å². The third-order valence-corrected chi connectivity index (χ3v) is 4.03. The maximum Gasteiger partial charge on any atom is 0.273 e. The third kappa shape index (κ3) is 3.14. The standard InChI is InChI=1S/C17H13ClN4O3/c18-12-3-1-2-4-14(12)22-9-13(20-21-22)17(23)19-8-11-5-6-15-16(7-11)25-10-24-15/h1-7,9H,8,10H2,(H,19,23). The number of nitrogens with one attached hydrogen (secondary N) is 1. The highest BCUT2D eigenvalue weighted by atomic mass is 35.5. The molecule has 2 heterocycles. The molecule has 0 aliphatic carbocycles. The van der Waals surface area contributed by atoms with Gasteiger partial charge in [-0.25, -0.2) is 4.68 Å². The number of ether oxygens (including phenoxy) is 2. The number of para-hydroxylation sites is 1. The van der Waals surface area contributed by atoms with E-state index in [4.69, 9.17) is 21.1 Å². The van der Waals surface area contributed by atoms with Crippen LogP contribution < -0.4 is 14.8 Å². The van der Waals surface area contributed by atoms with Gasteiger partial charge in [-0.15, -0.1) is 5.10 Å². The van der Waals surface area contributed by atoms with Crippen LogP contribution in [0.1, 0.15) is 16.1 Å². The molecule has 0 bridgehead atoms. The fourth-order valence-electron chi connectivity index (χ4n) is 2.45. The van der Waals surface area contributed by atoms with Crippen LogP contribution in [0.5, 0.6) is 11.5 Å². The number of carbonyl (C=O) groups is 1. The zero-order chi connectivity index (χ0) is 17.2. The van der Waals surface area contributed by atoms with Crippen molar-refractivity contribution in [2.24, 2.45) is 0 Å². The predicted octanol–water partition coefficient (Wildman–Crippen LogP) is 2.58. The first-order chi connectivity index (χ1) is 12.2. The lowest BCUT2D eigenvalue weighted by molar-refractivity contribution is 0.0945. The van der Waals surface area contributed by atoms with Crippen molar-refractivity contribution >= 4 is 17.5 Å². The molecule has 1 aliphatic heterocycles. The fraction of sp³-hybridized carbons (Fsp3) is 0.118. The van der Waals surface area contributed by atoms with E-state index < -0.39 is 0 Å². The van der Waals surface area contributed by atoms with Crippen molar-refractivity contribution in [1.29, 1.82) is 0 Å². The van der Waals surface area contributed by atoms with Gasteiger partial charge >= 0.3 is 0 Å². The van der Waals surface area contributed by atoms with Gasteiger partial charge in [0.2, 0.25) is 6.79 Å². The van der Waals surface area contributed by atoms with E-state index in [1.54, 1.807) is 12.1 Å². The summed E-state index contributed by atoms with van der Waals surface area (Å²) in [5, 5.41) is 11.2. The molecule has 0 spiro atoms. The molecule has 0 unspecified atom stereocenters. The molecule has 3 aromatic rings. The van der Waals surface area contributed by atoms with E-state index in [-0.39, 0.29) is 18.4 Å². The van der Waals surface area contributed by atoms with Gasteiger partial charge in [0, 0.05) is 6.54 Å². The van der Waals surface area contributed by atoms with E-state index in [2.05, 4.69) is 15.6 Å². The lowest BCUT2D eigenvalue weighted by atomic mass is 10.2. The van der Waals surface area contributed by atoms with Gasteiger partial charge in [-0.1, -0.05) is 35.0 Å². The second kappa shape index (κ2) is 6.45. The first-order valence-electron chi connectivity index (χ1n) is 7.55. The maximum absolute atomic E-state index is 12.3. The van der Waals surface area contributed by atoms with Crippen LogP contribution in [-0.2, 0) is 6.54 Å². The number of rotatable bonds is 4. The molecule has 2 aromatic carbocycles. The zero-order valence-corrected chi connectivity index (χ0v) is 13.7. The van der Waals surface area contributed by atoms with E-state index in [1.807, 2.05) is 30.3 Å². The molecule has 7 nitrogen and oxygen atoms in total. The van der Waals surface area contributed by atoms with Gasteiger partial charge in [-0.3, -0.25) is 4.79 Å². The van der Waals surface area contributed by atoms with Gasteiger partial charge in [0.1, 0.15) is 0 Å². The van der Waals surface area contributed by atoms with Crippen molar-refractivity contribution in [3.63, 3.8) is 0 Å². The summed E-state index contributed by atoms with van der Waals surface area (Å²) in [4.78, 5) is 12.3. The first kappa shape index (κ1) is 15.5. The van der Waals surface area contributed by atoms with Crippen molar-refractivity contribution in [1.82, 2.24) is 20.3 Å². The lowest BCUT2D eigenvalue weighted by Crippen LogP contribution is -2.23. The lowest BCUT2D eigenvalue weighted by Gasteiger charge is -2.04. The zero-order valence-electron chi connectivity index (χ0n) is 13.0. The molecule has 4 rings (SSSR count). The summed E-state index contributed by atoms with van der Waals surface area (Å²) in [5.74, 6) is 1.06. The topological polar surface area (TPSA) is 78.3 Å². The number of aromatic nitrogens is 3. The van der Waals surface area contributed by atoms with Crippen molar-refractivity contribution in [2.75, 3.05) is 6.79 Å². The molecule has 8 heteroatoms. The van der Waals surface area contributed by atoms with Crippen molar-refractivity contribution in [3.05, 3.63) is 64.9 Å². The van der Waals surface area contributed by atoms with E-state index in [9.17, 15) is 4.79 Å². The normalized spacial score (nSPS) is 12.2. The van der Waals surface area contributed by atoms with E-state index in [0.29, 0.717) is 28.8 Å². The van der Waals surface area contributed by atoms with Crippen LogP contribution in [0.3, 0.4) is 0 Å². The van der Waals surface area contributed by atoms with Crippen molar-refractivity contribution in [2.45, 2.75) is 6.54 Å². The molecule has 1 amide bonds. The summed E-state index contributed by atoms with van der Waals surface area (Å²) in [6, 6.07) is 12.7. The Morgan fingerprint density at radius 1 is 1.20 bits per heavy atom. The molecule has 1 aromatic heterocycles. The number of fused-ring (bicyclic) bond motifs is 1. The van der Waals surface area contributed by atoms with Gasteiger partial charge in [-0.2, -0.15) is 0 Å². The van der Waals surface area contributed by atoms with Gasteiger partial charge in [-0.05, 0) is 29.8 Å². The Labute approximate surface area is 148 Å². The highest BCUT2D eigenvalue weighted by Crippen LogP contribution is 2.32. The Morgan fingerprint density at radius 2 is 2.04 bits per heavy atom. The van der Waals surface area contributed by atoms with Gasteiger partial charge in [0.25, 0.3) is 5.91 Å². The summed E-state index contributed by atoms with van der Waals surface area (Å²) in [6.07, 6.45) is 1.54. The fourth-order valence-corrected chi connectivity index (χ4v) is 2.67. The second-order valence-electron chi connectivity index (χ2n) is 5.37. The molecular formula is C17H13ClN4O3. The second-order valence-corrected chi connectivity index (χ2v) is 5.78. The number of benzene rings is 2. The predicted molar refractivity (Wildman–Crippen MR) is 90.1 cm³/mol. The minimum absolute atomic E-state index is 0.209. The monoisotopic (exact) mass is 356 g/mol. The number of amides is 1. The molecular weight excluding hydrogens is 344 g/mol. The highest BCUT2D eigenvalue weighted by Gasteiger charge is 2.15. The smallest absolute Gasteiger partial charge is 0.273 e. The van der Waals surface area contributed by atoms with Crippen LogP contribution in [-0.4, -0.2) is 27.7 Å². The Morgan fingerprint density at radius 3 is 2.92 bits per heavy atom. The number of carbonyl (C=O) groups excluding carboxylic acids is 1. The summed E-state index contributed by atoms with van der Waals surface area (Å²) in [6.45, 7) is 0.560. The van der Waals surface area contributed by atoms with Crippen LogP contribution in [0.25, 0.3) is 5.69 Å². The molecule has 126 valence electrons. The van der Waals surface area contributed by atoms with Crippen LogP contribution in [0.4, 0.5) is 0 Å². The van der Waals surface area contributed by atoms with Gasteiger partial charge in [0.05, 0.1) is 16.9 Å². The number of hydrogen-bond donors (Lipinski definition) is 1. The highest BCUT2D eigenvalue weighted by molar-refractivity contribution is 6.32. The Hall–Kier alpha value is -3.06.